The van der Waals surface area contributed by atoms with Crippen molar-refractivity contribution in [2.75, 3.05) is 19.6 Å². The Kier molecular flexibility index (Phi) is 5.83. The Morgan fingerprint density at radius 1 is 1.29 bits per heavy atom. The molecule has 0 spiro atoms. The highest BCUT2D eigenvalue weighted by Gasteiger charge is 2.41. The largest absolute Gasteiger partial charge is 0.444 e. The van der Waals surface area contributed by atoms with E-state index in [4.69, 9.17) is 4.74 Å². The first-order valence-corrected chi connectivity index (χ1v) is 6.88. The van der Waals surface area contributed by atoms with E-state index in [2.05, 4.69) is 5.32 Å². The first kappa shape index (κ1) is 18.0. The Balaban J connectivity index is 2.34. The molecule has 1 saturated heterocycles. The van der Waals surface area contributed by atoms with Crippen molar-refractivity contribution in [1.82, 2.24) is 10.2 Å². The lowest BCUT2D eigenvalue weighted by molar-refractivity contribution is -0.126. The second-order valence-corrected chi connectivity index (χ2v) is 6.18. The summed E-state index contributed by atoms with van der Waals surface area (Å²) in [6, 6.07) is -0.298. The van der Waals surface area contributed by atoms with Crippen LogP contribution >= 0.6 is 0 Å². The monoisotopic (exact) mass is 314 g/mol. The molecule has 4 nitrogen and oxygen atoms in total. The summed E-state index contributed by atoms with van der Waals surface area (Å²) in [5, 5.41) is 2.44. The second-order valence-electron chi connectivity index (χ2n) is 6.18. The van der Waals surface area contributed by atoms with Crippen molar-refractivity contribution < 1.29 is 27.1 Å². The van der Waals surface area contributed by atoms with Gasteiger partial charge in [-0.15, -0.1) is 0 Å². The predicted molar refractivity (Wildman–Crippen MR) is 69.8 cm³/mol. The van der Waals surface area contributed by atoms with Crippen LogP contribution in [0.2, 0.25) is 0 Å². The maximum atomic E-state index is 12.8. The van der Waals surface area contributed by atoms with Gasteiger partial charge in [-0.05, 0) is 33.6 Å². The van der Waals surface area contributed by atoms with Crippen molar-refractivity contribution in [1.29, 1.82) is 0 Å². The molecule has 8 heteroatoms. The number of rotatable bonds is 4. The minimum atomic E-state index is -4.03. The number of nitrogens with one attached hydrogen (secondary N) is 1. The van der Waals surface area contributed by atoms with Crippen molar-refractivity contribution in [3.05, 3.63) is 0 Å². The van der Waals surface area contributed by atoms with Gasteiger partial charge < -0.3 is 15.0 Å². The first-order chi connectivity index (χ1) is 9.51. The first-order valence-electron chi connectivity index (χ1n) is 6.88. The average Bonchev–Trinajstić information content (AvgIpc) is 2.35. The summed E-state index contributed by atoms with van der Waals surface area (Å²) in [5.41, 5.74) is -0.592. The number of ether oxygens (including phenoxy) is 1. The average molecular weight is 314 g/mol. The molecule has 0 bridgehead atoms. The number of halogens is 4. The Morgan fingerprint density at radius 2 is 1.81 bits per heavy atom. The van der Waals surface area contributed by atoms with Gasteiger partial charge in [0.05, 0.1) is 6.54 Å². The molecular formula is C13H22F4N2O2. The molecule has 0 atom stereocenters. The molecule has 124 valence electrons. The van der Waals surface area contributed by atoms with E-state index in [0.717, 1.165) is 0 Å². The van der Waals surface area contributed by atoms with Crippen LogP contribution in [0.4, 0.5) is 22.4 Å². The summed E-state index contributed by atoms with van der Waals surface area (Å²) in [6.07, 6.45) is -3.26. The smallest absolute Gasteiger partial charge is 0.410 e. The molecule has 0 aromatic carbocycles. The lowest BCUT2D eigenvalue weighted by atomic mass is 10.1. The van der Waals surface area contributed by atoms with Crippen molar-refractivity contribution >= 4 is 6.09 Å². The van der Waals surface area contributed by atoms with Crippen LogP contribution in [-0.2, 0) is 4.74 Å². The minimum Gasteiger partial charge on any atom is -0.444 e. The fraction of sp³-hybridized carbons (Fsp3) is 0.923. The third-order valence-corrected chi connectivity index (χ3v) is 3.09. The van der Waals surface area contributed by atoms with Crippen LogP contribution < -0.4 is 5.32 Å². The van der Waals surface area contributed by atoms with E-state index in [1.54, 1.807) is 20.8 Å². The van der Waals surface area contributed by atoms with Crippen LogP contribution in [0.5, 0.6) is 0 Å². The predicted octanol–water partition coefficient (Wildman–Crippen LogP) is 2.88. The van der Waals surface area contributed by atoms with E-state index < -0.39 is 30.6 Å². The van der Waals surface area contributed by atoms with Gasteiger partial charge in [-0.25, -0.2) is 13.6 Å². The Bertz CT molecular complexity index is 351. The summed E-state index contributed by atoms with van der Waals surface area (Å²) in [6.45, 7) is 4.92. The van der Waals surface area contributed by atoms with Crippen molar-refractivity contribution in [2.45, 2.75) is 57.6 Å². The normalized spacial score (nSPS) is 18.2. The van der Waals surface area contributed by atoms with E-state index in [1.807, 2.05) is 0 Å². The Morgan fingerprint density at radius 3 is 2.24 bits per heavy atom. The Labute approximate surface area is 121 Å². The molecule has 0 radical (unpaired) electrons. The topological polar surface area (TPSA) is 41.6 Å². The number of alkyl halides is 4. The van der Waals surface area contributed by atoms with Crippen LogP contribution in [-0.4, -0.2) is 54.6 Å². The van der Waals surface area contributed by atoms with Gasteiger partial charge in [-0.3, -0.25) is 0 Å². The van der Waals surface area contributed by atoms with Gasteiger partial charge in [-0.2, -0.15) is 8.78 Å². The molecule has 21 heavy (non-hydrogen) atoms. The Hall–Kier alpha value is -1.05. The lowest BCUT2D eigenvalue weighted by Gasteiger charge is -2.34. The molecule has 1 fully saturated rings. The molecule has 1 aliphatic heterocycles. The molecule has 1 aliphatic rings. The van der Waals surface area contributed by atoms with Gasteiger partial charge in [0.25, 0.3) is 0 Å². The molecule has 0 aromatic rings. The molecule has 0 unspecified atom stereocenters. The van der Waals surface area contributed by atoms with Crippen molar-refractivity contribution in [3.8, 4) is 0 Å². The molecule has 1 amide bonds. The lowest BCUT2D eigenvalue weighted by Crippen LogP contribution is -2.49. The van der Waals surface area contributed by atoms with Crippen LogP contribution in [0, 0.1) is 0 Å². The van der Waals surface area contributed by atoms with E-state index in [9.17, 15) is 22.4 Å². The van der Waals surface area contributed by atoms with Gasteiger partial charge in [0, 0.05) is 19.1 Å². The number of likely N-dealkylation sites (tertiary alicyclic amines) is 1. The van der Waals surface area contributed by atoms with Crippen molar-refractivity contribution in [3.63, 3.8) is 0 Å². The number of hydrogen-bond donors (Lipinski definition) is 1. The fourth-order valence-corrected chi connectivity index (χ4v) is 1.95. The van der Waals surface area contributed by atoms with E-state index in [1.165, 1.54) is 4.90 Å². The second kappa shape index (κ2) is 6.81. The molecular weight excluding hydrogens is 292 g/mol. The summed E-state index contributed by atoms with van der Waals surface area (Å²) in [4.78, 5) is 13.3. The number of amides is 1. The van der Waals surface area contributed by atoms with Crippen molar-refractivity contribution in [2.24, 2.45) is 0 Å². The van der Waals surface area contributed by atoms with Gasteiger partial charge in [-0.1, -0.05) is 0 Å². The number of carbonyl (C=O) groups excluding carboxylic acids is 1. The number of nitrogens with zero attached hydrogens (tertiary/aromatic N) is 1. The molecule has 1 N–H and O–H groups in total. The maximum Gasteiger partial charge on any atom is 0.410 e. The number of hydrogen-bond acceptors (Lipinski definition) is 3. The quantitative estimate of drug-likeness (QED) is 0.811. The molecule has 0 aliphatic carbocycles. The molecule has 1 rings (SSSR count). The summed E-state index contributed by atoms with van der Waals surface area (Å²) in [7, 11) is 0. The minimum absolute atomic E-state index is 0.298. The van der Waals surface area contributed by atoms with Crippen LogP contribution in [0.3, 0.4) is 0 Å². The zero-order chi connectivity index (χ0) is 16.3. The third kappa shape index (κ3) is 6.07. The third-order valence-electron chi connectivity index (χ3n) is 3.09. The highest BCUT2D eigenvalue weighted by atomic mass is 19.3. The van der Waals surface area contributed by atoms with Gasteiger partial charge >= 0.3 is 18.4 Å². The highest BCUT2D eigenvalue weighted by Crippen LogP contribution is 2.22. The standard InChI is InChI=1S/C13H22F4N2O2/c1-12(2,3)21-11(20)19-6-4-9(5-7-19)18-8-13(16,17)10(14)15/h9-10,18H,4-8H2,1-3H3. The van der Waals surface area contributed by atoms with Gasteiger partial charge in [0.1, 0.15) is 5.60 Å². The number of piperidine rings is 1. The van der Waals surface area contributed by atoms with Gasteiger partial charge in [0.2, 0.25) is 0 Å². The molecule has 0 aromatic heterocycles. The SMILES string of the molecule is CC(C)(C)OC(=O)N1CCC(NCC(F)(F)C(F)F)CC1. The summed E-state index contributed by atoms with van der Waals surface area (Å²) >= 11 is 0. The molecule has 0 saturated carbocycles. The fourth-order valence-electron chi connectivity index (χ4n) is 1.95. The van der Waals surface area contributed by atoms with Crippen LogP contribution in [0.1, 0.15) is 33.6 Å². The zero-order valence-electron chi connectivity index (χ0n) is 12.5. The molecule has 1 heterocycles. The van der Waals surface area contributed by atoms with E-state index >= 15 is 0 Å². The highest BCUT2D eigenvalue weighted by molar-refractivity contribution is 5.68. The number of carbonyl (C=O) groups is 1. The zero-order valence-corrected chi connectivity index (χ0v) is 12.5. The maximum absolute atomic E-state index is 12.8. The van der Waals surface area contributed by atoms with E-state index in [-0.39, 0.29) is 6.04 Å². The van der Waals surface area contributed by atoms with Crippen LogP contribution in [0.25, 0.3) is 0 Å². The van der Waals surface area contributed by atoms with E-state index in [0.29, 0.717) is 25.9 Å². The van der Waals surface area contributed by atoms with Crippen LogP contribution in [0.15, 0.2) is 0 Å². The summed E-state index contributed by atoms with van der Waals surface area (Å²) in [5.74, 6) is -4.03. The van der Waals surface area contributed by atoms with Gasteiger partial charge in [0.15, 0.2) is 0 Å². The summed E-state index contributed by atoms with van der Waals surface area (Å²) < 4.78 is 54.9.